The van der Waals surface area contributed by atoms with Crippen molar-refractivity contribution < 1.29 is 19.4 Å². The van der Waals surface area contributed by atoms with Crippen molar-refractivity contribution >= 4 is 11.6 Å². The van der Waals surface area contributed by atoms with Gasteiger partial charge in [0.2, 0.25) is 0 Å². The average molecular weight is 344 g/mol. The second-order valence-corrected chi connectivity index (χ2v) is 9.65. The molecule has 1 aliphatic heterocycles. The Kier molecular flexibility index (Phi) is 3.13. The zero-order valence-electron chi connectivity index (χ0n) is 15.2. The molecule has 0 amide bonds. The Hall–Kier alpha value is -1.00. The highest BCUT2D eigenvalue weighted by atomic mass is 16.5. The molecule has 3 saturated carbocycles. The van der Waals surface area contributed by atoms with Crippen LogP contribution in [-0.2, 0) is 14.3 Å². The third-order valence-corrected chi connectivity index (χ3v) is 8.92. The molecule has 0 aromatic carbocycles. The number of carbonyl (C=O) groups excluding carboxylic acids is 2. The van der Waals surface area contributed by atoms with Gasteiger partial charge in [0.25, 0.3) is 0 Å². The average Bonchev–Trinajstić information content (AvgIpc) is 2.88. The van der Waals surface area contributed by atoms with E-state index in [4.69, 9.17) is 4.74 Å². The highest BCUT2D eigenvalue weighted by Gasteiger charge is 2.71. The molecule has 1 saturated heterocycles. The molecule has 1 N–H and O–H groups in total. The van der Waals surface area contributed by atoms with Crippen molar-refractivity contribution in [3.63, 3.8) is 0 Å². The number of ether oxygens (including phenoxy) is 1. The molecule has 0 aromatic heterocycles. The molecular weight excluding hydrogens is 316 g/mol. The maximum absolute atomic E-state index is 12.5. The predicted octanol–water partition coefficient (Wildman–Crippen LogP) is 2.83. The van der Waals surface area contributed by atoms with Crippen LogP contribution in [0.3, 0.4) is 0 Å². The third kappa shape index (κ3) is 1.76. The SMILES string of the molecule is C[C@]12CCC(=O)C=C1CC[C@@H]1[C@@H]2[C@H](O)C[C@@]2(C)[C@H]1CC[C@]21OCC1=O. The minimum Gasteiger partial charge on any atom is -0.393 e. The van der Waals surface area contributed by atoms with E-state index in [2.05, 4.69) is 13.8 Å². The van der Waals surface area contributed by atoms with Crippen LogP contribution in [0.15, 0.2) is 11.6 Å². The number of aliphatic hydroxyl groups excluding tert-OH is 1. The normalized spacial score (nSPS) is 54.4. The molecule has 5 aliphatic rings. The predicted molar refractivity (Wildman–Crippen MR) is 91.8 cm³/mol. The fourth-order valence-corrected chi connectivity index (χ4v) is 7.68. The quantitative estimate of drug-likeness (QED) is 0.734. The summed E-state index contributed by atoms with van der Waals surface area (Å²) in [6.45, 7) is 4.71. The molecule has 7 atom stereocenters. The number of fused-ring (bicyclic) bond motifs is 6. The molecular formula is C21H28O4. The van der Waals surface area contributed by atoms with Gasteiger partial charge in [-0.2, -0.15) is 0 Å². The molecule has 4 fully saturated rings. The molecule has 25 heavy (non-hydrogen) atoms. The number of carbonyl (C=O) groups is 2. The lowest BCUT2D eigenvalue weighted by Gasteiger charge is -2.62. The zero-order valence-corrected chi connectivity index (χ0v) is 15.2. The van der Waals surface area contributed by atoms with Crippen LogP contribution >= 0.6 is 0 Å². The Morgan fingerprint density at radius 2 is 1.96 bits per heavy atom. The summed E-state index contributed by atoms with van der Waals surface area (Å²) >= 11 is 0. The number of ketones is 2. The van der Waals surface area contributed by atoms with E-state index < -0.39 is 11.7 Å². The van der Waals surface area contributed by atoms with Crippen LogP contribution < -0.4 is 0 Å². The van der Waals surface area contributed by atoms with Gasteiger partial charge in [0, 0.05) is 11.8 Å². The van der Waals surface area contributed by atoms with Gasteiger partial charge < -0.3 is 9.84 Å². The van der Waals surface area contributed by atoms with Crippen LogP contribution in [0, 0.1) is 28.6 Å². The van der Waals surface area contributed by atoms with E-state index in [1.807, 2.05) is 6.08 Å². The number of aliphatic hydroxyl groups is 1. The van der Waals surface area contributed by atoms with Crippen molar-refractivity contribution in [2.24, 2.45) is 28.6 Å². The second kappa shape index (κ2) is 4.83. The number of hydrogen-bond acceptors (Lipinski definition) is 4. The number of Topliss-reactive ketones (excluding diaryl/α,β-unsaturated/α-hetero) is 1. The van der Waals surface area contributed by atoms with Gasteiger partial charge in [0.05, 0.1) is 6.10 Å². The molecule has 4 heteroatoms. The first kappa shape index (κ1) is 16.2. The van der Waals surface area contributed by atoms with E-state index in [9.17, 15) is 14.7 Å². The maximum atomic E-state index is 12.5. The summed E-state index contributed by atoms with van der Waals surface area (Å²) in [6, 6.07) is 0. The monoisotopic (exact) mass is 344 g/mol. The van der Waals surface area contributed by atoms with Crippen molar-refractivity contribution in [2.75, 3.05) is 6.61 Å². The first-order chi connectivity index (χ1) is 11.8. The molecule has 0 bridgehead atoms. The number of allylic oxidation sites excluding steroid dienone is 1. The van der Waals surface area contributed by atoms with E-state index in [0.717, 1.165) is 32.1 Å². The largest absolute Gasteiger partial charge is 0.393 e. The van der Waals surface area contributed by atoms with Gasteiger partial charge in [-0.1, -0.05) is 19.4 Å². The first-order valence-electron chi connectivity index (χ1n) is 9.91. The molecule has 4 aliphatic carbocycles. The Balaban J connectivity index is 1.55. The van der Waals surface area contributed by atoms with E-state index in [1.54, 1.807) is 0 Å². The van der Waals surface area contributed by atoms with Crippen molar-refractivity contribution in [2.45, 2.75) is 70.5 Å². The lowest BCUT2D eigenvalue weighted by molar-refractivity contribution is -0.226. The molecule has 5 rings (SSSR count). The summed E-state index contributed by atoms with van der Waals surface area (Å²) in [5.41, 5.74) is 0.350. The molecule has 4 nitrogen and oxygen atoms in total. The van der Waals surface area contributed by atoms with Gasteiger partial charge >= 0.3 is 0 Å². The summed E-state index contributed by atoms with van der Waals surface area (Å²) < 4.78 is 5.92. The Bertz CT molecular complexity index is 696. The third-order valence-electron chi connectivity index (χ3n) is 8.92. The molecule has 0 unspecified atom stereocenters. The molecule has 0 radical (unpaired) electrons. The van der Waals surface area contributed by atoms with E-state index in [1.165, 1.54) is 5.57 Å². The van der Waals surface area contributed by atoms with Gasteiger partial charge in [-0.05, 0) is 67.8 Å². The van der Waals surface area contributed by atoms with Crippen LogP contribution in [0.5, 0.6) is 0 Å². The second-order valence-electron chi connectivity index (χ2n) is 9.65. The minimum absolute atomic E-state index is 0.0577. The summed E-state index contributed by atoms with van der Waals surface area (Å²) in [4.78, 5) is 24.4. The summed E-state index contributed by atoms with van der Waals surface area (Å²) in [7, 11) is 0. The fourth-order valence-electron chi connectivity index (χ4n) is 7.68. The van der Waals surface area contributed by atoms with Crippen molar-refractivity contribution in [3.8, 4) is 0 Å². The van der Waals surface area contributed by atoms with Gasteiger partial charge in [-0.25, -0.2) is 0 Å². The lowest BCUT2D eigenvalue weighted by atomic mass is 9.45. The summed E-state index contributed by atoms with van der Waals surface area (Å²) in [6.07, 6.45) is 7.41. The zero-order chi connectivity index (χ0) is 17.6. The van der Waals surface area contributed by atoms with Crippen molar-refractivity contribution in [1.82, 2.24) is 0 Å². The fraction of sp³-hybridized carbons (Fsp3) is 0.810. The Morgan fingerprint density at radius 3 is 2.64 bits per heavy atom. The van der Waals surface area contributed by atoms with Gasteiger partial charge in [0.1, 0.15) is 12.2 Å². The minimum atomic E-state index is -0.622. The molecule has 0 aromatic rings. The van der Waals surface area contributed by atoms with E-state index >= 15 is 0 Å². The Morgan fingerprint density at radius 1 is 1.16 bits per heavy atom. The topological polar surface area (TPSA) is 63.6 Å². The molecule has 136 valence electrons. The summed E-state index contributed by atoms with van der Waals surface area (Å²) in [5.74, 6) is 1.58. The van der Waals surface area contributed by atoms with Crippen molar-refractivity contribution in [1.29, 1.82) is 0 Å². The van der Waals surface area contributed by atoms with Crippen LogP contribution in [0.4, 0.5) is 0 Å². The lowest BCUT2D eigenvalue weighted by Crippen LogP contribution is -2.67. The van der Waals surface area contributed by atoms with Crippen LogP contribution in [-0.4, -0.2) is 35.0 Å². The molecule has 1 heterocycles. The smallest absolute Gasteiger partial charge is 0.190 e. The maximum Gasteiger partial charge on any atom is 0.190 e. The van der Waals surface area contributed by atoms with Crippen LogP contribution in [0.25, 0.3) is 0 Å². The van der Waals surface area contributed by atoms with E-state index in [-0.39, 0.29) is 34.9 Å². The van der Waals surface area contributed by atoms with Gasteiger partial charge in [-0.3, -0.25) is 9.59 Å². The van der Waals surface area contributed by atoms with Crippen LogP contribution in [0.2, 0.25) is 0 Å². The van der Waals surface area contributed by atoms with E-state index in [0.29, 0.717) is 24.7 Å². The van der Waals surface area contributed by atoms with Crippen LogP contribution in [0.1, 0.15) is 58.8 Å². The Labute approximate surface area is 149 Å². The van der Waals surface area contributed by atoms with Crippen molar-refractivity contribution in [3.05, 3.63) is 11.6 Å². The summed E-state index contributed by atoms with van der Waals surface area (Å²) in [5, 5.41) is 11.2. The number of rotatable bonds is 0. The van der Waals surface area contributed by atoms with Gasteiger partial charge in [-0.15, -0.1) is 0 Å². The number of hydrogen-bond donors (Lipinski definition) is 1. The van der Waals surface area contributed by atoms with Gasteiger partial charge in [0.15, 0.2) is 11.6 Å². The first-order valence-corrected chi connectivity index (χ1v) is 9.91. The standard InChI is InChI=1S/C21H28O4/c1-19-7-5-13(22)9-12(19)3-4-14-15-6-8-21(17(24)11-25-21)20(15,2)10-16(23)18(14)19/h9,14-16,18,23H,3-8,10-11H2,1-2H3/t14-,15-,16+,18+,19-,20-,21+/m0/s1. The highest BCUT2D eigenvalue weighted by Crippen LogP contribution is 2.69. The highest BCUT2D eigenvalue weighted by molar-refractivity contribution is 5.94. The molecule has 1 spiro atoms.